The Morgan fingerprint density at radius 2 is 1.39 bits per heavy atom. The molecule has 6 heteroatoms. The van der Waals surface area contributed by atoms with Crippen LogP contribution in [-0.4, -0.2) is 23.3 Å². The van der Waals surface area contributed by atoms with E-state index in [0.29, 0.717) is 10.8 Å². The lowest BCUT2D eigenvalue weighted by Crippen LogP contribution is -2.29. The molecule has 2 rings (SSSR count). The summed E-state index contributed by atoms with van der Waals surface area (Å²) in [6, 6.07) is 3.95. The van der Waals surface area contributed by atoms with Gasteiger partial charge in [0.1, 0.15) is 16.5 Å². The van der Waals surface area contributed by atoms with E-state index in [9.17, 15) is 13.5 Å². The maximum atomic E-state index is 12.5. The highest BCUT2D eigenvalue weighted by Crippen LogP contribution is 2.42. The smallest absolute Gasteiger partial charge is 0.161 e. The molecule has 1 N–H and O–H groups in total. The van der Waals surface area contributed by atoms with Crippen LogP contribution in [-0.2, 0) is 26.4 Å². The van der Waals surface area contributed by atoms with Crippen LogP contribution >= 0.6 is 11.3 Å². The van der Waals surface area contributed by atoms with Gasteiger partial charge < -0.3 is 5.11 Å². The van der Waals surface area contributed by atoms with Gasteiger partial charge in [-0.15, -0.1) is 11.3 Å². The zero-order valence-corrected chi connectivity index (χ0v) is 20.1. The van der Waals surface area contributed by atoms with Crippen molar-refractivity contribution in [1.82, 2.24) is 4.98 Å². The molecule has 0 saturated heterocycles. The van der Waals surface area contributed by atoms with Crippen molar-refractivity contribution in [3.05, 3.63) is 33.6 Å². The van der Waals surface area contributed by atoms with Gasteiger partial charge in [-0.1, -0.05) is 41.5 Å². The summed E-state index contributed by atoms with van der Waals surface area (Å²) in [5, 5.41) is 13.4. The standard InChI is InChI=1S/C22H33NO3S2/c1-20(2,3)15-10-14(11-16(19(15)24)21(4,5)6)17-12-27-18(23-17)13-28(25,26)22(7,8)9/h10-12,24H,13H2,1-9H3. The fraction of sp³-hybridized carbons (Fsp3) is 0.591. The summed E-state index contributed by atoms with van der Waals surface area (Å²) < 4.78 is 24.2. The van der Waals surface area contributed by atoms with E-state index in [1.807, 2.05) is 17.5 Å². The van der Waals surface area contributed by atoms with Crippen LogP contribution in [0.3, 0.4) is 0 Å². The third-order valence-corrected chi connectivity index (χ3v) is 8.37. The van der Waals surface area contributed by atoms with Crippen molar-refractivity contribution in [3.63, 3.8) is 0 Å². The van der Waals surface area contributed by atoms with E-state index >= 15 is 0 Å². The Bertz CT molecular complexity index is 931. The van der Waals surface area contributed by atoms with Crippen LogP contribution in [0.25, 0.3) is 11.3 Å². The second kappa shape index (κ2) is 7.13. The van der Waals surface area contributed by atoms with Crippen molar-refractivity contribution >= 4 is 21.2 Å². The second-order valence-electron chi connectivity index (χ2n) is 10.4. The highest BCUT2D eigenvalue weighted by Gasteiger charge is 2.31. The molecule has 0 bridgehead atoms. The van der Waals surface area contributed by atoms with Crippen molar-refractivity contribution in [2.24, 2.45) is 0 Å². The average Bonchev–Trinajstić information content (AvgIpc) is 2.91. The molecule has 0 spiro atoms. The Morgan fingerprint density at radius 1 is 0.929 bits per heavy atom. The summed E-state index contributed by atoms with van der Waals surface area (Å²) in [7, 11) is -3.28. The summed E-state index contributed by atoms with van der Waals surface area (Å²) in [5.74, 6) is 0.270. The molecule has 156 valence electrons. The maximum Gasteiger partial charge on any atom is 0.161 e. The van der Waals surface area contributed by atoms with E-state index in [1.165, 1.54) is 11.3 Å². The number of thiazole rings is 1. The molecule has 0 aliphatic rings. The third-order valence-electron chi connectivity index (χ3n) is 4.82. The van der Waals surface area contributed by atoms with Crippen molar-refractivity contribution in [1.29, 1.82) is 0 Å². The van der Waals surface area contributed by atoms with Crippen LogP contribution < -0.4 is 0 Å². The molecule has 0 atom stereocenters. The number of sulfone groups is 1. The molecule has 1 heterocycles. The first-order valence-corrected chi connectivity index (χ1v) is 12.0. The molecule has 0 aliphatic carbocycles. The number of nitrogens with zero attached hydrogens (tertiary/aromatic N) is 1. The van der Waals surface area contributed by atoms with Gasteiger partial charge in [0, 0.05) is 22.1 Å². The minimum atomic E-state index is -3.28. The molecular weight excluding hydrogens is 390 g/mol. The number of phenolic OH excluding ortho intramolecular Hbond substituents is 1. The van der Waals surface area contributed by atoms with Gasteiger partial charge in [0.05, 0.1) is 10.4 Å². The Balaban J connectivity index is 2.57. The van der Waals surface area contributed by atoms with E-state index in [2.05, 4.69) is 46.5 Å². The number of rotatable bonds is 3. The fourth-order valence-electron chi connectivity index (χ4n) is 2.81. The van der Waals surface area contributed by atoms with Crippen molar-refractivity contribution in [3.8, 4) is 17.0 Å². The molecule has 4 nitrogen and oxygen atoms in total. The molecule has 1 aromatic heterocycles. The predicted octanol–water partition coefficient (Wildman–Crippen LogP) is 5.82. The molecule has 0 fully saturated rings. The van der Waals surface area contributed by atoms with E-state index < -0.39 is 14.6 Å². The first-order chi connectivity index (χ1) is 12.4. The molecule has 1 aromatic carbocycles. The van der Waals surface area contributed by atoms with Crippen molar-refractivity contribution in [2.45, 2.75) is 83.6 Å². The Kier molecular flexibility index (Phi) is 5.83. The summed E-state index contributed by atoms with van der Waals surface area (Å²) in [6.45, 7) is 17.6. The molecule has 0 amide bonds. The number of aromatic nitrogens is 1. The zero-order valence-electron chi connectivity index (χ0n) is 18.5. The molecule has 28 heavy (non-hydrogen) atoms. The summed E-state index contributed by atoms with van der Waals surface area (Å²) in [5.41, 5.74) is 2.94. The molecular formula is C22H33NO3S2. The van der Waals surface area contributed by atoms with Gasteiger partial charge in [-0.25, -0.2) is 13.4 Å². The lowest BCUT2D eigenvalue weighted by atomic mass is 9.78. The Hall–Kier alpha value is -1.40. The van der Waals surface area contributed by atoms with Crippen LogP contribution in [0.15, 0.2) is 17.5 Å². The Morgan fingerprint density at radius 3 is 1.79 bits per heavy atom. The molecule has 0 aliphatic heterocycles. The maximum absolute atomic E-state index is 12.5. The quantitative estimate of drug-likeness (QED) is 0.675. The molecule has 0 radical (unpaired) electrons. The monoisotopic (exact) mass is 423 g/mol. The number of benzene rings is 1. The Labute approximate surface area is 174 Å². The summed E-state index contributed by atoms with van der Waals surface area (Å²) in [6.07, 6.45) is 0. The minimum absolute atomic E-state index is 0.0580. The van der Waals surface area contributed by atoms with Crippen LogP contribution in [0.5, 0.6) is 5.75 Å². The van der Waals surface area contributed by atoms with Gasteiger partial charge >= 0.3 is 0 Å². The number of aromatic hydroxyl groups is 1. The van der Waals surface area contributed by atoms with E-state index in [1.54, 1.807) is 20.8 Å². The normalized spacial score (nSPS) is 13.8. The zero-order chi connectivity index (χ0) is 21.7. The number of hydrogen-bond acceptors (Lipinski definition) is 5. The van der Waals surface area contributed by atoms with Crippen LogP contribution in [0.2, 0.25) is 0 Å². The molecule has 2 aromatic rings. The van der Waals surface area contributed by atoms with Gasteiger partial charge in [0.15, 0.2) is 9.84 Å². The first kappa shape index (κ1) is 22.9. The summed E-state index contributed by atoms with van der Waals surface area (Å²) >= 11 is 1.37. The molecule has 0 saturated carbocycles. The van der Waals surface area contributed by atoms with Crippen LogP contribution in [0, 0.1) is 0 Å². The first-order valence-electron chi connectivity index (χ1n) is 9.48. The van der Waals surface area contributed by atoms with Gasteiger partial charge in [0.2, 0.25) is 0 Å². The van der Waals surface area contributed by atoms with Gasteiger partial charge in [0.25, 0.3) is 0 Å². The lowest BCUT2D eigenvalue weighted by molar-refractivity contribution is 0.423. The highest BCUT2D eigenvalue weighted by atomic mass is 32.2. The largest absolute Gasteiger partial charge is 0.507 e. The highest BCUT2D eigenvalue weighted by molar-refractivity contribution is 7.92. The summed E-state index contributed by atoms with van der Waals surface area (Å²) in [4.78, 5) is 4.61. The number of phenols is 1. The van der Waals surface area contributed by atoms with E-state index in [0.717, 1.165) is 22.4 Å². The van der Waals surface area contributed by atoms with Gasteiger partial charge in [-0.05, 0) is 43.7 Å². The SMILES string of the molecule is CC(C)(C)c1cc(-c2csc(CS(=O)(=O)C(C)(C)C)n2)cc(C(C)(C)C)c1O. The lowest BCUT2D eigenvalue weighted by Gasteiger charge is -2.28. The average molecular weight is 424 g/mol. The fourth-order valence-corrected chi connectivity index (χ4v) is 4.96. The molecule has 0 unspecified atom stereocenters. The van der Waals surface area contributed by atoms with Gasteiger partial charge in [-0.3, -0.25) is 0 Å². The topological polar surface area (TPSA) is 67.3 Å². The third kappa shape index (κ3) is 4.77. The van der Waals surface area contributed by atoms with Crippen molar-refractivity contribution < 1.29 is 13.5 Å². The predicted molar refractivity (Wildman–Crippen MR) is 119 cm³/mol. The second-order valence-corrected chi connectivity index (χ2v) is 14.1. The van der Waals surface area contributed by atoms with Crippen molar-refractivity contribution in [2.75, 3.05) is 0 Å². The number of hydrogen-bond donors (Lipinski definition) is 1. The van der Waals surface area contributed by atoms with E-state index in [-0.39, 0.29) is 16.6 Å². The van der Waals surface area contributed by atoms with E-state index in [4.69, 9.17) is 0 Å². The van der Waals surface area contributed by atoms with Gasteiger partial charge in [-0.2, -0.15) is 0 Å². The van der Waals surface area contributed by atoms with Crippen LogP contribution in [0.4, 0.5) is 0 Å². The minimum Gasteiger partial charge on any atom is -0.507 e. The van der Waals surface area contributed by atoms with Crippen LogP contribution in [0.1, 0.15) is 78.4 Å².